The van der Waals surface area contributed by atoms with E-state index in [-0.39, 0.29) is 16.1 Å². The number of halogens is 2. The van der Waals surface area contributed by atoms with Gasteiger partial charge in [-0.25, -0.2) is 0 Å². The predicted molar refractivity (Wildman–Crippen MR) is 76.0 cm³/mol. The third kappa shape index (κ3) is 3.63. The fourth-order valence-corrected chi connectivity index (χ4v) is 2.27. The molecule has 21 heavy (non-hydrogen) atoms. The molecule has 0 bridgehead atoms. The van der Waals surface area contributed by atoms with Crippen LogP contribution in [-0.4, -0.2) is 21.9 Å². The Balaban J connectivity index is 2.26. The molecule has 2 rings (SSSR count). The average Bonchev–Trinajstić information content (AvgIpc) is 2.43. The minimum absolute atomic E-state index is 0.146. The Bertz CT molecular complexity index is 664. The first-order valence-electron chi connectivity index (χ1n) is 5.85. The van der Waals surface area contributed by atoms with Crippen LogP contribution in [-0.2, 0) is 0 Å². The fourth-order valence-electron chi connectivity index (χ4n) is 1.67. The number of nitrogens with one attached hydrogen (secondary N) is 1. The van der Waals surface area contributed by atoms with Gasteiger partial charge in [-0.05, 0) is 24.3 Å². The van der Waals surface area contributed by atoms with E-state index in [2.05, 4.69) is 5.32 Å². The number of thioether (sulfide) groups is 1. The van der Waals surface area contributed by atoms with Crippen molar-refractivity contribution >= 4 is 23.4 Å². The molecule has 0 aromatic heterocycles. The highest BCUT2D eigenvalue weighted by Gasteiger charge is 2.16. The Kier molecular flexibility index (Phi) is 4.64. The average molecular weight is 311 g/mol. The molecule has 0 fully saturated rings. The first kappa shape index (κ1) is 15.1. The maximum absolute atomic E-state index is 12.5. The Morgan fingerprint density at radius 1 is 1.10 bits per heavy atom. The number of aromatic hydroxyl groups is 2. The van der Waals surface area contributed by atoms with Gasteiger partial charge in [-0.15, -0.1) is 0 Å². The van der Waals surface area contributed by atoms with Crippen LogP contribution in [0.3, 0.4) is 0 Å². The minimum atomic E-state index is -2.61. The maximum atomic E-state index is 12.5. The summed E-state index contributed by atoms with van der Waals surface area (Å²) in [5, 5.41) is 21.4. The van der Waals surface area contributed by atoms with E-state index in [4.69, 9.17) is 0 Å². The summed E-state index contributed by atoms with van der Waals surface area (Å²) in [5.41, 5.74) is 0.0578. The molecule has 110 valence electrons. The van der Waals surface area contributed by atoms with Gasteiger partial charge in [0.2, 0.25) is 0 Å². The number of hydrogen-bond donors (Lipinski definition) is 3. The second-order valence-corrected chi connectivity index (χ2v) is 5.03. The van der Waals surface area contributed by atoms with Gasteiger partial charge in [0.25, 0.3) is 11.7 Å². The van der Waals surface area contributed by atoms with E-state index in [1.54, 1.807) is 12.1 Å². The molecule has 0 saturated carbocycles. The summed E-state index contributed by atoms with van der Waals surface area (Å²) in [6, 6.07) is 10.0. The van der Waals surface area contributed by atoms with Gasteiger partial charge < -0.3 is 15.5 Å². The fraction of sp³-hybridized carbons (Fsp3) is 0.0714. The van der Waals surface area contributed by atoms with Gasteiger partial charge >= 0.3 is 0 Å². The van der Waals surface area contributed by atoms with Gasteiger partial charge in [-0.2, -0.15) is 8.78 Å². The molecule has 0 spiro atoms. The van der Waals surface area contributed by atoms with Crippen LogP contribution in [0.4, 0.5) is 14.5 Å². The second-order valence-electron chi connectivity index (χ2n) is 4.00. The smallest absolute Gasteiger partial charge is 0.288 e. The van der Waals surface area contributed by atoms with Crippen LogP contribution in [0.5, 0.6) is 11.5 Å². The summed E-state index contributed by atoms with van der Waals surface area (Å²) in [6.07, 6.45) is 0. The summed E-state index contributed by atoms with van der Waals surface area (Å²) < 4.78 is 24.9. The molecular weight excluding hydrogens is 300 g/mol. The highest BCUT2D eigenvalue weighted by atomic mass is 32.2. The highest BCUT2D eigenvalue weighted by Crippen LogP contribution is 2.33. The molecule has 0 aliphatic carbocycles. The van der Waals surface area contributed by atoms with Gasteiger partial charge in [-0.1, -0.05) is 30.0 Å². The number of benzene rings is 2. The Morgan fingerprint density at radius 3 is 2.52 bits per heavy atom. The number of alkyl halides is 2. The van der Waals surface area contributed by atoms with Crippen molar-refractivity contribution in [2.45, 2.75) is 10.7 Å². The molecule has 0 aliphatic heterocycles. The molecule has 1 amide bonds. The van der Waals surface area contributed by atoms with Crippen LogP contribution in [0.2, 0.25) is 0 Å². The van der Waals surface area contributed by atoms with Crippen LogP contribution >= 0.6 is 11.8 Å². The molecule has 0 atom stereocenters. The summed E-state index contributed by atoms with van der Waals surface area (Å²) in [5.74, 6) is -4.31. The van der Waals surface area contributed by atoms with E-state index in [0.717, 1.165) is 0 Å². The molecule has 2 aromatic rings. The number of phenolic OH excluding ortho intramolecular Hbond substituents is 2. The van der Waals surface area contributed by atoms with Crippen LogP contribution < -0.4 is 5.32 Å². The van der Waals surface area contributed by atoms with E-state index in [1.807, 2.05) is 0 Å². The lowest BCUT2D eigenvalue weighted by Crippen LogP contribution is -2.12. The second kappa shape index (κ2) is 6.45. The SMILES string of the molecule is O=C(Nc1ccccc1SC(F)F)c1cccc(O)c1O. The van der Waals surface area contributed by atoms with E-state index in [0.29, 0.717) is 11.8 Å². The Morgan fingerprint density at radius 2 is 1.81 bits per heavy atom. The minimum Gasteiger partial charge on any atom is -0.504 e. The summed E-state index contributed by atoms with van der Waals surface area (Å²) >= 11 is 0.310. The van der Waals surface area contributed by atoms with Gasteiger partial charge in [-0.3, -0.25) is 4.79 Å². The molecule has 0 radical (unpaired) electrons. The van der Waals surface area contributed by atoms with Crippen molar-refractivity contribution in [1.82, 2.24) is 0 Å². The first-order chi connectivity index (χ1) is 9.99. The van der Waals surface area contributed by atoms with E-state index in [1.165, 1.54) is 30.3 Å². The van der Waals surface area contributed by atoms with Crippen molar-refractivity contribution in [2.75, 3.05) is 5.32 Å². The normalized spacial score (nSPS) is 10.6. The molecule has 3 N–H and O–H groups in total. The van der Waals surface area contributed by atoms with Gasteiger partial charge in [0.15, 0.2) is 11.5 Å². The van der Waals surface area contributed by atoms with E-state index in [9.17, 15) is 23.8 Å². The lowest BCUT2D eigenvalue weighted by molar-refractivity contribution is 0.102. The monoisotopic (exact) mass is 311 g/mol. The molecule has 0 saturated heterocycles. The highest BCUT2D eigenvalue weighted by molar-refractivity contribution is 7.99. The molecule has 4 nitrogen and oxygen atoms in total. The van der Waals surface area contributed by atoms with Crippen LogP contribution in [0.25, 0.3) is 0 Å². The lowest BCUT2D eigenvalue weighted by atomic mass is 10.1. The van der Waals surface area contributed by atoms with Crippen LogP contribution in [0, 0.1) is 0 Å². The number of rotatable bonds is 4. The zero-order chi connectivity index (χ0) is 15.4. The molecule has 0 aliphatic rings. The van der Waals surface area contributed by atoms with Crippen molar-refractivity contribution in [2.24, 2.45) is 0 Å². The Labute approximate surface area is 123 Å². The largest absolute Gasteiger partial charge is 0.504 e. The number of carbonyl (C=O) groups excluding carboxylic acids is 1. The number of amides is 1. The van der Waals surface area contributed by atoms with Crippen LogP contribution in [0.15, 0.2) is 47.4 Å². The van der Waals surface area contributed by atoms with Gasteiger partial charge in [0.05, 0.1) is 11.3 Å². The third-order valence-corrected chi connectivity index (χ3v) is 3.40. The van der Waals surface area contributed by atoms with Gasteiger partial charge in [0, 0.05) is 4.90 Å². The number of carbonyl (C=O) groups is 1. The van der Waals surface area contributed by atoms with E-state index < -0.39 is 23.2 Å². The molecule has 7 heteroatoms. The topological polar surface area (TPSA) is 69.6 Å². The zero-order valence-electron chi connectivity index (χ0n) is 10.6. The summed E-state index contributed by atoms with van der Waals surface area (Å²) in [6.45, 7) is 0. The zero-order valence-corrected chi connectivity index (χ0v) is 11.4. The summed E-state index contributed by atoms with van der Waals surface area (Å²) in [4.78, 5) is 12.3. The van der Waals surface area contributed by atoms with Crippen molar-refractivity contribution in [3.05, 3.63) is 48.0 Å². The molecule has 0 heterocycles. The number of anilines is 1. The lowest BCUT2D eigenvalue weighted by Gasteiger charge is -2.11. The van der Waals surface area contributed by atoms with Crippen LogP contribution in [0.1, 0.15) is 10.4 Å². The number of hydrogen-bond acceptors (Lipinski definition) is 4. The summed E-state index contributed by atoms with van der Waals surface area (Å²) in [7, 11) is 0. The Hall–Kier alpha value is -2.28. The first-order valence-corrected chi connectivity index (χ1v) is 6.73. The van der Waals surface area contributed by atoms with Crippen molar-refractivity contribution in [3.63, 3.8) is 0 Å². The van der Waals surface area contributed by atoms with Crippen molar-refractivity contribution in [3.8, 4) is 11.5 Å². The number of phenols is 2. The predicted octanol–water partition coefficient (Wildman–Crippen LogP) is 3.66. The maximum Gasteiger partial charge on any atom is 0.288 e. The van der Waals surface area contributed by atoms with E-state index >= 15 is 0 Å². The molecule has 0 unspecified atom stereocenters. The molecular formula is C14H11F2NO3S. The third-order valence-electron chi connectivity index (χ3n) is 2.61. The number of para-hydroxylation sites is 2. The van der Waals surface area contributed by atoms with Crippen molar-refractivity contribution < 1.29 is 23.8 Å². The van der Waals surface area contributed by atoms with Gasteiger partial charge in [0.1, 0.15) is 0 Å². The molecule has 2 aromatic carbocycles. The quantitative estimate of drug-likeness (QED) is 0.595. The standard InChI is InChI=1S/C14H11F2NO3S/c15-14(16)21-11-7-2-1-5-9(11)17-13(20)8-4-3-6-10(18)12(8)19/h1-7,14,18-19H,(H,17,20). The van der Waals surface area contributed by atoms with Crippen molar-refractivity contribution in [1.29, 1.82) is 0 Å².